The van der Waals surface area contributed by atoms with Gasteiger partial charge in [-0.1, -0.05) is 11.3 Å². The Balaban J connectivity index is 1.22. The van der Waals surface area contributed by atoms with Gasteiger partial charge in [0.2, 0.25) is 5.95 Å². The molecule has 2 saturated heterocycles. The molecule has 12 nitrogen and oxygen atoms in total. The molecule has 0 aliphatic carbocycles. The van der Waals surface area contributed by atoms with Gasteiger partial charge in [0.15, 0.2) is 10.8 Å². The van der Waals surface area contributed by atoms with Crippen molar-refractivity contribution in [3.8, 4) is 0 Å². The number of rotatable bonds is 5. The van der Waals surface area contributed by atoms with Gasteiger partial charge in [-0.3, -0.25) is 10.6 Å². The van der Waals surface area contributed by atoms with Crippen LogP contribution in [-0.2, 0) is 4.74 Å². The summed E-state index contributed by atoms with van der Waals surface area (Å²) in [5.41, 5.74) is 0.468. The zero-order chi connectivity index (χ0) is 27.6. The van der Waals surface area contributed by atoms with Crippen molar-refractivity contribution in [2.75, 3.05) is 55.8 Å². The lowest BCUT2D eigenvalue weighted by atomic mass is 10.00. The van der Waals surface area contributed by atoms with E-state index in [-0.39, 0.29) is 36.1 Å². The first kappa shape index (κ1) is 26.9. The molecule has 3 aromatic heterocycles. The van der Waals surface area contributed by atoms with E-state index in [1.165, 1.54) is 30.6 Å². The largest absolute Gasteiger partial charge is 0.446 e. The van der Waals surface area contributed by atoms with E-state index in [2.05, 4.69) is 35.5 Å². The molecule has 0 bridgehead atoms. The fourth-order valence-electron chi connectivity index (χ4n) is 4.57. The van der Waals surface area contributed by atoms with E-state index >= 15 is 0 Å². The van der Waals surface area contributed by atoms with E-state index < -0.39 is 30.5 Å². The third-order valence-corrected chi connectivity index (χ3v) is 7.78. The average Bonchev–Trinajstić information content (AvgIpc) is 3.32. The van der Waals surface area contributed by atoms with Crippen LogP contribution >= 0.6 is 11.3 Å². The summed E-state index contributed by atoms with van der Waals surface area (Å²) in [6.07, 6.45) is 3.22. The van der Waals surface area contributed by atoms with E-state index in [0.717, 1.165) is 35.5 Å². The third-order valence-electron chi connectivity index (χ3n) is 6.86. The third kappa shape index (κ3) is 6.30. The zero-order valence-electron chi connectivity index (χ0n) is 21.5. The molecule has 2 fully saturated rings. The van der Waals surface area contributed by atoms with Crippen LogP contribution in [0.3, 0.4) is 0 Å². The fourth-order valence-corrected chi connectivity index (χ4v) is 5.39. The summed E-state index contributed by atoms with van der Waals surface area (Å²) in [6, 6.07) is 2.90. The van der Waals surface area contributed by atoms with Crippen LogP contribution in [0.2, 0.25) is 0 Å². The number of ether oxygens (including phenoxy) is 1. The molecule has 3 aromatic rings. The maximum Gasteiger partial charge on any atom is 0.413 e. The first-order chi connectivity index (χ1) is 18.7. The predicted octanol–water partition coefficient (Wildman–Crippen LogP) is 3.50. The molecule has 2 aliphatic rings. The SMILES string of the molecule is CN1CCC(OC(=O)Nc2ccnc(N3CCC(F)(F)[C@@H](N(C)C(=O)Nc4nc5ncccc5s4)C3)n2)CC1. The Bertz CT molecular complexity index is 1300. The molecule has 0 unspecified atom stereocenters. The van der Waals surface area contributed by atoms with Crippen LogP contribution in [-0.4, -0.2) is 100 Å². The van der Waals surface area contributed by atoms with Crippen LogP contribution in [0, 0.1) is 0 Å². The lowest BCUT2D eigenvalue weighted by Crippen LogP contribution is -2.60. The average molecular weight is 562 g/mol. The van der Waals surface area contributed by atoms with Gasteiger partial charge in [0.05, 0.1) is 4.70 Å². The van der Waals surface area contributed by atoms with Crippen molar-refractivity contribution >= 4 is 50.7 Å². The molecule has 0 saturated carbocycles. The van der Waals surface area contributed by atoms with E-state index in [4.69, 9.17) is 4.74 Å². The van der Waals surface area contributed by atoms with Gasteiger partial charge < -0.3 is 19.4 Å². The fraction of sp³-hybridized carbons (Fsp3) is 0.500. The molecule has 5 heterocycles. The molecule has 3 amide bonds. The Morgan fingerprint density at radius 1 is 1.13 bits per heavy atom. The zero-order valence-corrected chi connectivity index (χ0v) is 22.3. The second-order valence-corrected chi connectivity index (χ2v) is 10.7. The number of nitrogens with one attached hydrogen (secondary N) is 2. The molecule has 15 heteroatoms. The second kappa shape index (κ2) is 11.2. The molecule has 208 valence electrons. The quantitative estimate of drug-likeness (QED) is 0.481. The van der Waals surface area contributed by atoms with E-state index in [9.17, 15) is 18.4 Å². The first-order valence-corrected chi connectivity index (χ1v) is 13.4. The van der Waals surface area contributed by atoms with Crippen LogP contribution in [0.4, 0.5) is 35.3 Å². The Hall–Kier alpha value is -3.72. The summed E-state index contributed by atoms with van der Waals surface area (Å²) < 4.78 is 36.2. The number of fused-ring (bicyclic) bond motifs is 1. The summed E-state index contributed by atoms with van der Waals surface area (Å²) in [7, 11) is 3.34. The lowest BCUT2D eigenvalue weighted by molar-refractivity contribution is -0.0760. The molecule has 0 aromatic carbocycles. The van der Waals surface area contributed by atoms with Gasteiger partial charge >= 0.3 is 12.1 Å². The second-order valence-electron chi connectivity index (χ2n) is 9.63. The summed E-state index contributed by atoms with van der Waals surface area (Å²) in [6.45, 7) is 1.47. The standard InChI is InChI=1S/C24H29F2N9O3S/c1-33-11-6-15(7-12-33)38-23(37)30-18-5-10-28-20(29-18)35-13-8-24(25,26)17(14-35)34(2)22(36)32-21-31-19-16(39-21)4-3-9-27-19/h3-5,9-10,15,17H,6-8,11-14H2,1-2H3,(H,27,31,32,36)(H,28,29,30,37)/t17-/m0/s1. The van der Waals surface area contributed by atoms with Crippen molar-refractivity contribution in [3.63, 3.8) is 0 Å². The van der Waals surface area contributed by atoms with Gasteiger partial charge in [-0.25, -0.2) is 28.3 Å². The number of likely N-dealkylation sites (N-methyl/N-ethyl adjacent to an activating group) is 1. The van der Waals surface area contributed by atoms with Crippen molar-refractivity contribution in [3.05, 3.63) is 30.6 Å². The minimum Gasteiger partial charge on any atom is -0.446 e. The van der Waals surface area contributed by atoms with Crippen LogP contribution in [0.25, 0.3) is 10.3 Å². The van der Waals surface area contributed by atoms with Gasteiger partial charge in [-0.2, -0.15) is 9.97 Å². The van der Waals surface area contributed by atoms with Crippen LogP contribution in [0.15, 0.2) is 30.6 Å². The Morgan fingerprint density at radius 2 is 1.92 bits per heavy atom. The Labute approximate surface area is 227 Å². The highest BCUT2D eigenvalue weighted by Gasteiger charge is 2.48. The van der Waals surface area contributed by atoms with Crippen molar-refractivity contribution in [2.24, 2.45) is 0 Å². The van der Waals surface area contributed by atoms with Gasteiger partial charge in [0.25, 0.3) is 5.92 Å². The Kier molecular flexibility index (Phi) is 7.70. The number of piperidine rings is 2. The molecule has 2 N–H and O–H groups in total. The summed E-state index contributed by atoms with van der Waals surface area (Å²) >= 11 is 1.21. The van der Waals surface area contributed by atoms with E-state index in [1.54, 1.807) is 17.2 Å². The number of urea groups is 1. The predicted molar refractivity (Wildman–Crippen MR) is 142 cm³/mol. The number of halogens is 2. The minimum absolute atomic E-state index is 0.0218. The van der Waals surface area contributed by atoms with Crippen LogP contribution < -0.4 is 15.5 Å². The summed E-state index contributed by atoms with van der Waals surface area (Å²) in [5, 5.41) is 5.46. The normalized spacial score (nSPS) is 20.0. The number of carbonyl (C=O) groups excluding carboxylic acids is 2. The lowest BCUT2D eigenvalue weighted by Gasteiger charge is -2.42. The van der Waals surface area contributed by atoms with Crippen molar-refractivity contribution < 1.29 is 23.1 Å². The van der Waals surface area contributed by atoms with Gasteiger partial charge in [0.1, 0.15) is 18.0 Å². The minimum atomic E-state index is -3.13. The summed E-state index contributed by atoms with van der Waals surface area (Å²) in [4.78, 5) is 46.9. The highest BCUT2D eigenvalue weighted by atomic mass is 32.1. The van der Waals surface area contributed by atoms with Crippen molar-refractivity contribution in [2.45, 2.75) is 37.3 Å². The van der Waals surface area contributed by atoms with Crippen LogP contribution in [0.1, 0.15) is 19.3 Å². The molecule has 5 rings (SSSR count). The number of anilines is 3. The summed E-state index contributed by atoms with van der Waals surface area (Å²) in [5.74, 6) is -2.77. The highest BCUT2D eigenvalue weighted by molar-refractivity contribution is 7.22. The molecular formula is C24H29F2N9O3S. The maximum atomic E-state index is 15.0. The molecule has 2 aliphatic heterocycles. The molecule has 0 spiro atoms. The first-order valence-electron chi connectivity index (χ1n) is 12.6. The number of thiazole rings is 1. The van der Waals surface area contributed by atoms with Crippen molar-refractivity contribution in [1.29, 1.82) is 0 Å². The molecule has 1 atom stereocenters. The maximum absolute atomic E-state index is 15.0. The van der Waals surface area contributed by atoms with E-state index in [0.29, 0.717) is 5.65 Å². The van der Waals surface area contributed by atoms with Crippen LogP contribution in [0.5, 0.6) is 0 Å². The monoisotopic (exact) mass is 561 g/mol. The number of amides is 3. The smallest absolute Gasteiger partial charge is 0.413 e. The Morgan fingerprint density at radius 3 is 2.69 bits per heavy atom. The highest BCUT2D eigenvalue weighted by Crippen LogP contribution is 2.33. The number of hydrogen-bond donors (Lipinski definition) is 2. The van der Waals surface area contributed by atoms with Gasteiger partial charge in [-0.15, -0.1) is 0 Å². The number of hydrogen-bond acceptors (Lipinski definition) is 10. The van der Waals surface area contributed by atoms with Gasteiger partial charge in [0, 0.05) is 52.0 Å². The van der Waals surface area contributed by atoms with Gasteiger partial charge in [-0.05, 0) is 38.1 Å². The van der Waals surface area contributed by atoms with E-state index in [1.807, 2.05) is 13.1 Å². The number of alkyl halides is 2. The number of nitrogens with zero attached hydrogens (tertiary/aromatic N) is 7. The topological polar surface area (TPSA) is 129 Å². The molecule has 39 heavy (non-hydrogen) atoms. The number of likely N-dealkylation sites (tertiary alicyclic amines) is 1. The number of carbonyl (C=O) groups is 2. The van der Waals surface area contributed by atoms with Crippen molar-refractivity contribution in [1.82, 2.24) is 29.7 Å². The number of aromatic nitrogens is 4. The number of pyridine rings is 1. The molecule has 0 radical (unpaired) electrons. The molecular weight excluding hydrogens is 532 g/mol.